The zero-order chi connectivity index (χ0) is 16.2. The van der Waals surface area contributed by atoms with Crippen LogP contribution in [0, 0.1) is 12.7 Å². The van der Waals surface area contributed by atoms with Gasteiger partial charge in [0.2, 0.25) is 5.91 Å². The molecule has 0 saturated carbocycles. The first-order valence-electron chi connectivity index (χ1n) is 7.20. The van der Waals surface area contributed by atoms with Crippen LogP contribution in [-0.2, 0) is 4.79 Å². The average molecular weight is 333 g/mol. The number of halogens is 1. The molecule has 1 heterocycles. The molecule has 23 heavy (non-hydrogen) atoms. The highest BCUT2D eigenvalue weighted by molar-refractivity contribution is 8.00. The summed E-state index contributed by atoms with van der Waals surface area (Å²) < 4.78 is 24.4. The highest BCUT2D eigenvalue weighted by atomic mass is 32.2. The van der Waals surface area contributed by atoms with Crippen LogP contribution in [0.5, 0.6) is 11.5 Å². The van der Waals surface area contributed by atoms with Crippen LogP contribution in [0.3, 0.4) is 0 Å². The Balaban J connectivity index is 1.57. The van der Waals surface area contributed by atoms with Crippen LogP contribution in [0.15, 0.2) is 41.3 Å². The molecule has 2 aromatic carbocycles. The molecule has 0 aliphatic carbocycles. The van der Waals surface area contributed by atoms with Crippen LogP contribution < -0.4 is 14.8 Å². The molecular formula is C17H16FNO3S. The van der Waals surface area contributed by atoms with E-state index in [1.165, 1.54) is 17.8 Å². The Kier molecular flexibility index (Phi) is 4.71. The Bertz CT molecular complexity index is 736. The number of nitrogens with one attached hydrogen (secondary N) is 1. The van der Waals surface area contributed by atoms with E-state index < -0.39 is 0 Å². The molecule has 0 unspecified atom stereocenters. The number of hydrogen-bond donors (Lipinski definition) is 1. The molecule has 0 radical (unpaired) electrons. The molecule has 0 aromatic heterocycles. The maximum Gasteiger partial charge on any atom is 0.234 e. The second kappa shape index (κ2) is 6.91. The number of fused-ring (bicyclic) bond motifs is 1. The predicted octanol–water partition coefficient (Wildman–Crippen LogP) is 3.64. The third kappa shape index (κ3) is 3.96. The Labute approximate surface area is 138 Å². The van der Waals surface area contributed by atoms with Crippen molar-refractivity contribution in [2.24, 2.45) is 0 Å². The zero-order valence-corrected chi connectivity index (χ0v) is 13.4. The Morgan fingerprint density at radius 2 is 1.96 bits per heavy atom. The van der Waals surface area contributed by atoms with Crippen molar-refractivity contribution in [1.82, 2.24) is 0 Å². The topological polar surface area (TPSA) is 47.6 Å². The molecule has 1 aliphatic heterocycles. The van der Waals surface area contributed by atoms with Gasteiger partial charge in [0, 0.05) is 10.6 Å². The number of carbonyl (C=O) groups excluding carboxylic acids is 1. The molecule has 0 saturated heterocycles. The minimum Gasteiger partial charge on any atom is -0.486 e. The van der Waals surface area contributed by atoms with Crippen LogP contribution >= 0.6 is 11.8 Å². The molecule has 1 amide bonds. The molecule has 6 heteroatoms. The molecule has 2 aromatic rings. The summed E-state index contributed by atoms with van der Waals surface area (Å²) in [6, 6.07) is 10.2. The summed E-state index contributed by atoms with van der Waals surface area (Å²) in [7, 11) is 0. The fourth-order valence-corrected chi connectivity index (χ4v) is 2.85. The van der Waals surface area contributed by atoms with Crippen LogP contribution in [0.4, 0.5) is 10.1 Å². The number of amides is 1. The van der Waals surface area contributed by atoms with Crippen LogP contribution in [-0.4, -0.2) is 24.9 Å². The van der Waals surface area contributed by atoms with Gasteiger partial charge in [0.05, 0.1) is 5.75 Å². The number of rotatable bonds is 4. The molecule has 1 aliphatic rings. The van der Waals surface area contributed by atoms with Gasteiger partial charge in [-0.15, -0.1) is 11.8 Å². The number of carbonyl (C=O) groups is 1. The van der Waals surface area contributed by atoms with Crippen molar-refractivity contribution in [2.75, 3.05) is 24.3 Å². The van der Waals surface area contributed by atoms with Crippen molar-refractivity contribution in [3.8, 4) is 11.5 Å². The van der Waals surface area contributed by atoms with E-state index >= 15 is 0 Å². The number of benzene rings is 2. The van der Waals surface area contributed by atoms with Crippen molar-refractivity contribution in [1.29, 1.82) is 0 Å². The SMILES string of the molecule is Cc1ccc(NC(=O)CSc2ccc3c(c2)OCCO3)cc1F. The average Bonchev–Trinajstić information content (AvgIpc) is 2.56. The third-order valence-corrected chi connectivity index (χ3v) is 4.33. The van der Waals surface area contributed by atoms with Gasteiger partial charge in [-0.05, 0) is 42.8 Å². The Morgan fingerprint density at radius 3 is 2.74 bits per heavy atom. The lowest BCUT2D eigenvalue weighted by molar-refractivity contribution is -0.113. The summed E-state index contributed by atoms with van der Waals surface area (Å²) in [6.45, 7) is 2.76. The third-order valence-electron chi connectivity index (χ3n) is 3.34. The smallest absolute Gasteiger partial charge is 0.234 e. The second-order valence-electron chi connectivity index (χ2n) is 5.11. The Hall–Kier alpha value is -2.21. The van der Waals surface area contributed by atoms with E-state index in [2.05, 4.69) is 5.32 Å². The first-order valence-corrected chi connectivity index (χ1v) is 8.19. The van der Waals surface area contributed by atoms with Crippen LogP contribution in [0.25, 0.3) is 0 Å². The highest BCUT2D eigenvalue weighted by Crippen LogP contribution is 2.34. The van der Waals surface area contributed by atoms with E-state index in [4.69, 9.17) is 9.47 Å². The van der Waals surface area contributed by atoms with E-state index in [0.717, 1.165) is 10.6 Å². The number of aryl methyl sites for hydroxylation is 1. The van der Waals surface area contributed by atoms with Crippen molar-refractivity contribution in [2.45, 2.75) is 11.8 Å². The van der Waals surface area contributed by atoms with Gasteiger partial charge in [0.15, 0.2) is 11.5 Å². The van der Waals surface area contributed by atoms with Crippen molar-refractivity contribution in [3.63, 3.8) is 0 Å². The standard InChI is InChI=1S/C17H16FNO3S/c1-11-2-3-12(8-14(11)18)19-17(20)10-23-13-4-5-15-16(9-13)22-7-6-21-15/h2-5,8-9H,6-7,10H2,1H3,(H,19,20). The summed E-state index contributed by atoms with van der Waals surface area (Å²) in [4.78, 5) is 12.9. The van der Waals surface area contributed by atoms with Crippen LogP contribution in [0.1, 0.15) is 5.56 Å². The summed E-state index contributed by atoms with van der Waals surface area (Å²) >= 11 is 1.39. The fourth-order valence-electron chi connectivity index (χ4n) is 2.13. The van der Waals surface area contributed by atoms with Gasteiger partial charge >= 0.3 is 0 Å². The first-order chi connectivity index (χ1) is 11.1. The molecule has 120 valence electrons. The Morgan fingerprint density at radius 1 is 1.17 bits per heavy atom. The monoisotopic (exact) mass is 333 g/mol. The van der Waals surface area contributed by atoms with Crippen molar-refractivity contribution < 1.29 is 18.7 Å². The fraction of sp³-hybridized carbons (Fsp3) is 0.235. The molecular weight excluding hydrogens is 317 g/mol. The van der Waals surface area contributed by atoms with Crippen LogP contribution in [0.2, 0.25) is 0 Å². The normalized spacial score (nSPS) is 12.8. The quantitative estimate of drug-likeness (QED) is 0.868. The molecule has 0 atom stereocenters. The second-order valence-corrected chi connectivity index (χ2v) is 6.16. The summed E-state index contributed by atoms with van der Waals surface area (Å²) in [5.41, 5.74) is 1.01. The van der Waals surface area contributed by atoms with Gasteiger partial charge in [-0.2, -0.15) is 0 Å². The number of hydrogen-bond acceptors (Lipinski definition) is 4. The maximum absolute atomic E-state index is 13.5. The number of anilines is 1. The molecule has 0 spiro atoms. The highest BCUT2D eigenvalue weighted by Gasteiger charge is 2.12. The molecule has 0 bridgehead atoms. The molecule has 3 rings (SSSR count). The largest absolute Gasteiger partial charge is 0.486 e. The summed E-state index contributed by atoms with van der Waals surface area (Å²) in [5.74, 6) is 1.13. The summed E-state index contributed by atoms with van der Waals surface area (Å²) in [5, 5.41) is 2.69. The van der Waals surface area contributed by atoms with Gasteiger partial charge in [-0.3, -0.25) is 4.79 Å². The van der Waals surface area contributed by atoms with Crippen molar-refractivity contribution in [3.05, 3.63) is 47.8 Å². The minimum atomic E-state index is -0.331. The van der Waals surface area contributed by atoms with Gasteiger partial charge in [-0.25, -0.2) is 4.39 Å². The van der Waals surface area contributed by atoms with E-state index in [1.54, 1.807) is 19.1 Å². The predicted molar refractivity (Wildman–Crippen MR) is 87.9 cm³/mol. The number of thioether (sulfide) groups is 1. The van der Waals surface area contributed by atoms with Gasteiger partial charge in [0.25, 0.3) is 0 Å². The zero-order valence-electron chi connectivity index (χ0n) is 12.6. The van der Waals surface area contributed by atoms with Gasteiger partial charge < -0.3 is 14.8 Å². The minimum absolute atomic E-state index is 0.187. The van der Waals surface area contributed by atoms with Crippen molar-refractivity contribution >= 4 is 23.4 Å². The molecule has 4 nitrogen and oxygen atoms in total. The van der Waals surface area contributed by atoms with Gasteiger partial charge in [0.1, 0.15) is 19.0 Å². The van der Waals surface area contributed by atoms with E-state index in [1.807, 2.05) is 18.2 Å². The first kappa shape index (κ1) is 15.7. The number of ether oxygens (including phenoxy) is 2. The van der Waals surface area contributed by atoms with E-state index in [-0.39, 0.29) is 17.5 Å². The lowest BCUT2D eigenvalue weighted by Crippen LogP contribution is -2.15. The lowest BCUT2D eigenvalue weighted by atomic mass is 10.2. The lowest BCUT2D eigenvalue weighted by Gasteiger charge is -2.18. The molecule has 1 N–H and O–H groups in total. The maximum atomic E-state index is 13.5. The van der Waals surface area contributed by atoms with Gasteiger partial charge in [-0.1, -0.05) is 6.07 Å². The van der Waals surface area contributed by atoms with E-state index in [0.29, 0.717) is 30.2 Å². The molecule has 0 fully saturated rings. The van der Waals surface area contributed by atoms with E-state index in [9.17, 15) is 9.18 Å². The summed E-state index contributed by atoms with van der Waals surface area (Å²) in [6.07, 6.45) is 0.